The molecule has 0 bridgehead atoms. The number of ether oxygens (including phenoxy) is 1. The van der Waals surface area contributed by atoms with E-state index in [4.69, 9.17) is 21.0 Å². The number of nitriles is 2. The van der Waals surface area contributed by atoms with Crippen LogP contribution in [0.25, 0.3) is 0 Å². The first kappa shape index (κ1) is 13.1. The van der Waals surface area contributed by atoms with Gasteiger partial charge < -0.3 is 10.5 Å². The summed E-state index contributed by atoms with van der Waals surface area (Å²) >= 11 is 2.02. The number of hydrogen-bond donors (Lipinski definition) is 1. The molecule has 1 aromatic carbocycles. The number of nitrogen functional groups attached to an aromatic ring is 1. The number of hydrogen-bond acceptors (Lipinski definition) is 5. The number of benzene rings is 1. The summed E-state index contributed by atoms with van der Waals surface area (Å²) in [7, 11) is 0. The molecule has 19 heavy (non-hydrogen) atoms. The van der Waals surface area contributed by atoms with Gasteiger partial charge in [0.2, 0.25) is 5.88 Å². The van der Waals surface area contributed by atoms with Crippen molar-refractivity contribution < 1.29 is 4.74 Å². The van der Waals surface area contributed by atoms with E-state index in [0.29, 0.717) is 26.1 Å². The zero-order valence-electron chi connectivity index (χ0n) is 9.59. The quantitative estimate of drug-likeness (QED) is 0.655. The monoisotopic (exact) mass is 362 g/mol. The second-order valence-corrected chi connectivity index (χ2v) is 4.72. The lowest BCUT2D eigenvalue weighted by atomic mass is 10.2. The van der Waals surface area contributed by atoms with Crippen molar-refractivity contribution in [2.45, 2.75) is 0 Å². The van der Waals surface area contributed by atoms with Gasteiger partial charge in [-0.2, -0.15) is 10.5 Å². The lowest BCUT2D eigenvalue weighted by Crippen LogP contribution is -1.98. The Hall–Kier alpha value is -2.32. The van der Waals surface area contributed by atoms with Crippen LogP contribution in [-0.2, 0) is 0 Å². The summed E-state index contributed by atoms with van der Waals surface area (Å²) in [6.45, 7) is 0. The van der Waals surface area contributed by atoms with Crippen molar-refractivity contribution in [3.63, 3.8) is 0 Å². The van der Waals surface area contributed by atoms with Gasteiger partial charge in [0.1, 0.15) is 11.6 Å². The Morgan fingerprint density at radius 2 is 2.05 bits per heavy atom. The van der Waals surface area contributed by atoms with E-state index in [2.05, 4.69) is 4.98 Å². The first-order valence-corrected chi connectivity index (χ1v) is 6.25. The Bertz CT molecular complexity index is 692. The smallest absolute Gasteiger partial charge is 0.237 e. The van der Waals surface area contributed by atoms with Gasteiger partial charge in [-0.3, -0.25) is 0 Å². The standard InChI is InChI=1S/C13H7IN4O/c14-10-4-8(6-15)5-11(17)12(10)19-13-9(7-16)2-1-3-18-13/h1-5H,17H2. The number of halogens is 1. The summed E-state index contributed by atoms with van der Waals surface area (Å²) < 4.78 is 6.27. The van der Waals surface area contributed by atoms with Crippen LogP contribution in [0.4, 0.5) is 5.69 Å². The predicted octanol–water partition coefficient (Wildman–Crippen LogP) is 2.80. The molecule has 0 aliphatic rings. The molecule has 0 radical (unpaired) electrons. The van der Waals surface area contributed by atoms with Crippen LogP contribution in [0.3, 0.4) is 0 Å². The molecule has 1 aromatic heterocycles. The maximum Gasteiger partial charge on any atom is 0.237 e. The van der Waals surface area contributed by atoms with E-state index in [0.717, 1.165) is 0 Å². The van der Waals surface area contributed by atoms with Gasteiger partial charge in [-0.05, 0) is 46.9 Å². The molecule has 0 unspecified atom stereocenters. The van der Waals surface area contributed by atoms with Crippen molar-refractivity contribution in [1.29, 1.82) is 10.5 Å². The van der Waals surface area contributed by atoms with Crippen LogP contribution in [-0.4, -0.2) is 4.98 Å². The Kier molecular flexibility index (Phi) is 3.83. The van der Waals surface area contributed by atoms with Crippen molar-refractivity contribution in [3.05, 3.63) is 45.2 Å². The van der Waals surface area contributed by atoms with E-state index in [1.54, 1.807) is 18.2 Å². The molecular formula is C13H7IN4O. The van der Waals surface area contributed by atoms with E-state index in [-0.39, 0.29) is 5.88 Å². The highest BCUT2D eigenvalue weighted by Gasteiger charge is 2.12. The third kappa shape index (κ3) is 2.75. The molecule has 1 heterocycles. The average molecular weight is 362 g/mol. The minimum Gasteiger partial charge on any atom is -0.434 e. The third-order valence-corrected chi connectivity index (χ3v) is 3.09. The van der Waals surface area contributed by atoms with Crippen LogP contribution < -0.4 is 10.5 Å². The van der Waals surface area contributed by atoms with E-state index in [1.807, 2.05) is 34.7 Å². The first-order valence-electron chi connectivity index (χ1n) is 5.17. The van der Waals surface area contributed by atoms with Gasteiger partial charge in [0.25, 0.3) is 0 Å². The molecule has 0 saturated carbocycles. The van der Waals surface area contributed by atoms with Crippen molar-refractivity contribution in [3.8, 4) is 23.8 Å². The fourth-order valence-electron chi connectivity index (χ4n) is 1.44. The highest BCUT2D eigenvalue weighted by molar-refractivity contribution is 14.1. The molecule has 0 spiro atoms. The average Bonchev–Trinajstić information content (AvgIpc) is 2.43. The van der Waals surface area contributed by atoms with E-state index in [1.165, 1.54) is 12.3 Å². The second kappa shape index (κ2) is 5.55. The van der Waals surface area contributed by atoms with Gasteiger partial charge in [0.15, 0.2) is 5.75 Å². The van der Waals surface area contributed by atoms with Gasteiger partial charge in [-0.15, -0.1) is 0 Å². The van der Waals surface area contributed by atoms with Crippen molar-refractivity contribution in [2.75, 3.05) is 5.73 Å². The van der Waals surface area contributed by atoms with Crippen LogP contribution >= 0.6 is 22.6 Å². The lowest BCUT2D eigenvalue weighted by molar-refractivity contribution is 0.460. The molecule has 0 fully saturated rings. The topological polar surface area (TPSA) is 95.7 Å². The molecule has 0 aliphatic heterocycles. The Morgan fingerprint density at radius 3 is 2.68 bits per heavy atom. The molecule has 6 heteroatoms. The minimum absolute atomic E-state index is 0.194. The highest BCUT2D eigenvalue weighted by atomic mass is 127. The molecule has 0 atom stereocenters. The minimum atomic E-state index is 0.194. The molecular weight excluding hydrogens is 355 g/mol. The number of rotatable bonds is 2. The first-order chi connectivity index (χ1) is 9.15. The van der Waals surface area contributed by atoms with Gasteiger partial charge >= 0.3 is 0 Å². The van der Waals surface area contributed by atoms with Crippen molar-refractivity contribution in [2.24, 2.45) is 0 Å². The van der Waals surface area contributed by atoms with Crippen LogP contribution in [0.5, 0.6) is 11.6 Å². The number of nitrogens with two attached hydrogens (primary N) is 1. The molecule has 5 nitrogen and oxygen atoms in total. The van der Waals surface area contributed by atoms with Crippen LogP contribution in [0.2, 0.25) is 0 Å². The molecule has 2 aromatic rings. The van der Waals surface area contributed by atoms with Gasteiger partial charge in [-0.1, -0.05) is 0 Å². The summed E-state index contributed by atoms with van der Waals surface area (Å²) in [5, 5.41) is 17.8. The summed E-state index contributed by atoms with van der Waals surface area (Å²) in [6, 6.07) is 10.4. The molecule has 0 saturated heterocycles. The fraction of sp³-hybridized carbons (Fsp3) is 0. The lowest BCUT2D eigenvalue weighted by Gasteiger charge is -2.10. The normalized spacial score (nSPS) is 9.42. The summed E-state index contributed by atoms with van der Waals surface area (Å²) in [5.74, 6) is 0.592. The number of pyridine rings is 1. The summed E-state index contributed by atoms with van der Waals surface area (Å²) in [5.41, 5.74) is 6.95. The molecule has 0 amide bonds. The fourth-order valence-corrected chi connectivity index (χ4v) is 2.20. The predicted molar refractivity (Wildman–Crippen MR) is 77.3 cm³/mol. The molecule has 2 N–H and O–H groups in total. The van der Waals surface area contributed by atoms with E-state index < -0.39 is 0 Å². The Morgan fingerprint density at radius 1 is 1.26 bits per heavy atom. The van der Waals surface area contributed by atoms with Crippen LogP contribution in [0.15, 0.2) is 30.5 Å². The summed E-state index contributed by atoms with van der Waals surface area (Å²) in [6.07, 6.45) is 1.53. The van der Waals surface area contributed by atoms with Gasteiger partial charge in [-0.25, -0.2) is 4.98 Å². The largest absolute Gasteiger partial charge is 0.434 e. The number of aromatic nitrogens is 1. The highest BCUT2D eigenvalue weighted by Crippen LogP contribution is 2.33. The third-order valence-electron chi connectivity index (χ3n) is 2.29. The SMILES string of the molecule is N#Cc1cc(N)c(Oc2ncccc2C#N)c(I)c1. The number of nitrogens with zero attached hydrogens (tertiary/aromatic N) is 3. The molecule has 2 rings (SSSR count). The maximum atomic E-state index is 8.97. The second-order valence-electron chi connectivity index (χ2n) is 3.56. The zero-order chi connectivity index (χ0) is 13.8. The van der Waals surface area contributed by atoms with Gasteiger partial charge in [0.05, 0.1) is 20.9 Å². The Balaban J connectivity index is 2.45. The van der Waals surface area contributed by atoms with Gasteiger partial charge in [0, 0.05) is 6.20 Å². The zero-order valence-corrected chi connectivity index (χ0v) is 11.7. The summed E-state index contributed by atoms with van der Waals surface area (Å²) in [4.78, 5) is 4.00. The van der Waals surface area contributed by atoms with Crippen molar-refractivity contribution >= 4 is 28.3 Å². The van der Waals surface area contributed by atoms with E-state index in [9.17, 15) is 0 Å². The molecule has 0 aliphatic carbocycles. The van der Waals surface area contributed by atoms with Crippen LogP contribution in [0, 0.1) is 26.2 Å². The Labute approximate surface area is 123 Å². The van der Waals surface area contributed by atoms with Crippen LogP contribution in [0.1, 0.15) is 11.1 Å². The maximum absolute atomic E-state index is 8.97. The van der Waals surface area contributed by atoms with Crippen molar-refractivity contribution in [1.82, 2.24) is 4.98 Å². The molecule has 92 valence electrons. The van der Waals surface area contributed by atoms with E-state index >= 15 is 0 Å². The number of anilines is 1.